The van der Waals surface area contributed by atoms with Crippen molar-refractivity contribution in [1.29, 1.82) is 0 Å². The van der Waals surface area contributed by atoms with Gasteiger partial charge in [0, 0.05) is 5.56 Å². The number of anilines is 1. The second-order valence-electron chi connectivity index (χ2n) is 9.23. The fraction of sp³-hybridized carbons (Fsp3) is 0.333. The van der Waals surface area contributed by atoms with E-state index in [1.807, 2.05) is 6.07 Å². The fourth-order valence-corrected chi connectivity index (χ4v) is 4.98. The van der Waals surface area contributed by atoms with Crippen molar-refractivity contribution in [1.82, 2.24) is 10.2 Å². The highest BCUT2D eigenvalue weighted by atomic mass is 32.1. The maximum atomic E-state index is 13.4. The Morgan fingerprint density at radius 2 is 1.92 bits per heavy atom. The minimum Gasteiger partial charge on any atom is -0.507 e. The van der Waals surface area contributed by atoms with Crippen LogP contribution < -0.4 is 19.1 Å². The van der Waals surface area contributed by atoms with E-state index in [4.69, 9.17) is 14.2 Å². The molecule has 3 aromatic rings. The summed E-state index contributed by atoms with van der Waals surface area (Å²) in [5.74, 6) is 0.202. The summed E-state index contributed by atoms with van der Waals surface area (Å²) in [4.78, 5) is 28.0. The molecule has 2 aliphatic heterocycles. The average Bonchev–Trinajstić information content (AvgIpc) is 3.43. The summed E-state index contributed by atoms with van der Waals surface area (Å²) in [6, 6.07) is 11.2. The van der Waals surface area contributed by atoms with E-state index < -0.39 is 17.7 Å². The SMILES string of the molecule is Cc1nnc(N2C(=O)C(=O)C(=C(O)c3ccc4c(c3)OCCO4)C2c2cccc(OCCC(C)C)c2)s1. The standard InChI is InChI=1S/C27H27N3O6S/c1-15(2)9-10-34-19-6-4-5-17(13-19)23-22(25(32)26(33)30(23)27-29-28-16(3)37-27)24(31)18-7-8-20-21(14-18)36-12-11-35-20/h4-8,13-15,23,31H,9-12H2,1-3H3. The molecule has 1 N–H and O–H groups in total. The third kappa shape index (κ3) is 4.89. The maximum absolute atomic E-state index is 13.4. The van der Waals surface area contributed by atoms with Gasteiger partial charge in [-0.1, -0.05) is 37.3 Å². The number of rotatable bonds is 7. The number of ketones is 1. The number of nitrogens with zero attached hydrogens (tertiary/aromatic N) is 3. The molecule has 1 atom stereocenters. The van der Waals surface area contributed by atoms with Gasteiger partial charge in [0.25, 0.3) is 5.78 Å². The minimum absolute atomic E-state index is 0.0474. The molecule has 1 fully saturated rings. The molecule has 5 rings (SSSR count). The van der Waals surface area contributed by atoms with Gasteiger partial charge in [0.15, 0.2) is 11.5 Å². The van der Waals surface area contributed by atoms with Gasteiger partial charge in [0.05, 0.1) is 18.2 Å². The van der Waals surface area contributed by atoms with Gasteiger partial charge in [-0.05, 0) is 55.2 Å². The van der Waals surface area contributed by atoms with Crippen molar-refractivity contribution in [3.63, 3.8) is 0 Å². The molecular formula is C27H27N3O6S. The third-order valence-corrected chi connectivity index (χ3v) is 6.96. The number of carbonyl (C=O) groups is 2. The predicted molar refractivity (Wildman–Crippen MR) is 138 cm³/mol. The molecule has 1 amide bonds. The summed E-state index contributed by atoms with van der Waals surface area (Å²) >= 11 is 1.20. The Kier molecular flexibility index (Phi) is 6.84. The Balaban J connectivity index is 1.61. The van der Waals surface area contributed by atoms with Crippen molar-refractivity contribution < 1.29 is 28.9 Å². The number of aliphatic hydroxyl groups is 1. The molecule has 3 heterocycles. The number of benzene rings is 2. The highest BCUT2D eigenvalue weighted by molar-refractivity contribution is 7.15. The summed E-state index contributed by atoms with van der Waals surface area (Å²) in [6.45, 7) is 7.35. The summed E-state index contributed by atoms with van der Waals surface area (Å²) in [7, 11) is 0. The summed E-state index contributed by atoms with van der Waals surface area (Å²) in [5.41, 5.74) is 0.895. The zero-order chi connectivity index (χ0) is 26.1. The number of Topliss-reactive ketones (excluding diaryl/α,β-unsaturated/α-hetero) is 1. The van der Waals surface area contributed by atoms with Crippen molar-refractivity contribution in [3.05, 3.63) is 64.2 Å². The van der Waals surface area contributed by atoms with Gasteiger partial charge >= 0.3 is 5.91 Å². The predicted octanol–water partition coefficient (Wildman–Crippen LogP) is 4.67. The first kappa shape index (κ1) is 24.8. The number of aromatic nitrogens is 2. The topological polar surface area (TPSA) is 111 Å². The largest absolute Gasteiger partial charge is 0.507 e. The van der Waals surface area contributed by atoms with E-state index in [2.05, 4.69) is 24.0 Å². The average molecular weight is 522 g/mol. The monoisotopic (exact) mass is 521 g/mol. The molecule has 1 aromatic heterocycles. The van der Waals surface area contributed by atoms with E-state index in [0.717, 1.165) is 6.42 Å². The Hall–Kier alpha value is -3.92. The molecule has 1 unspecified atom stereocenters. The normalized spacial score (nSPS) is 18.5. The van der Waals surface area contributed by atoms with Crippen molar-refractivity contribution in [2.24, 2.45) is 5.92 Å². The Morgan fingerprint density at radius 1 is 1.14 bits per heavy atom. The lowest BCUT2D eigenvalue weighted by molar-refractivity contribution is -0.132. The van der Waals surface area contributed by atoms with Crippen LogP contribution in [0.5, 0.6) is 17.2 Å². The van der Waals surface area contributed by atoms with Crippen LogP contribution in [0.25, 0.3) is 5.76 Å². The van der Waals surface area contributed by atoms with Gasteiger partial charge in [-0.2, -0.15) is 0 Å². The second-order valence-corrected chi connectivity index (χ2v) is 10.4. The number of carbonyl (C=O) groups excluding carboxylic acids is 2. The van der Waals surface area contributed by atoms with Crippen LogP contribution in [0.4, 0.5) is 5.13 Å². The van der Waals surface area contributed by atoms with Crippen LogP contribution >= 0.6 is 11.3 Å². The third-order valence-electron chi connectivity index (χ3n) is 6.12. The van der Waals surface area contributed by atoms with Crippen molar-refractivity contribution in [3.8, 4) is 17.2 Å². The van der Waals surface area contributed by atoms with Gasteiger partial charge in [-0.25, -0.2) is 0 Å². The Morgan fingerprint density at radius 3 is 2.65 bits per heavy atom. The molecule has 2 aliphatic rings. The zero-order valence-electron chi connectivity index (χ0n) is 20.8. The quantitative estimate of drug-likeness (QED) is 0.271. The van der Waals surface area contributed by atoms with E-state index in [1.54, 1.807) is 43.3 Å². The van der Waals surface area contributed by atoms with E-state index in [1.165, 1.54) is 16.2 Å². The van der Waals surface area contributed by atoms with Crippen molar-refractivity contribution >= 4 is 33.9 Å². The smallest absolute Gasteiger partial charge is 0.301 e. The molecule has 0 radical (unpaired) electrons. The zero-order valence-corrected chi connectivity index (χ0v) is 21.6. The number of ether oxygens (including phenoxy) is 3. The molecule has 0 spiro atoms. The summed E-state index contributed by atoms with van der Waals surface area (Å²) < 4.78 is 17.2. The van der Waals surface area contributed by atoms with Crippen molar-refractivity contribution in [2.45, 2.75) is 33.2 Å². The molecule has 9 nitrogen and oxygen atoms in total. The van der Waals surface area contributed by atoms with Gasteiger partial charge in [0.1, 0.15) is 29.7 Å². The molecule has 192 valence electrons. The molecule has 10 heteroatoms. The molecule has 2 aromatic carbocycles. The molecule has 0 aliphatic carbocycles. The highest BCUT2D eigenvalue weighted by Crippen LogP contribution is 2.44. The first-order valence-corrected chi connectivity index (χ1v) is 12.9. The molecule has 37 heavy (non-hydrogen) atoms. The summed E-state index contributed by atoms with van der Waals surface area (Å²) in [5, 5.41) is 20.5. The van der Waals surface area contributed by atoms with Crippen LogP contribution in [0.2, 0.25) is 0 Å². The lowest BCUT2D eigenvalue weighted by Gasteiger charge is -2.23. The van der Waals surface area contributed by atoms with Gasteiger partial charge in [-0.3, -0.25) is 14.5 Å². The second kappa shape index (κ2) is 10.2. The number of hydrogen-bond donors (Lipinski definition) is 1. The first-order valence-electron chi connectivity index (χ1n) is 12.1. The lowest BCUT2D eigenvalue weighted by atomic mass is 9.95. The van der Waals surface area contributed by atoms with Crippen LogP contribution in [-0.4, -0.2) is 46.8 Å². The van der Waals surface area contributed by atoms with Crippen LogP contribution in [-0.2, 0) is 9.59 Å². The van der Waals surface area contributed by atoms with E-state index in [0.29, 0.717) is 59.1 Å². The molecule has 0 saturated carbocycles. The van der Waals surface area contributed by atoms with Gasteiger partial charge < -0.3 is 19.3 Å². The van der Waals surface area contributed by atoms with Gasteiger partial charge in [-0.15, -0.1) is 10.2 Å². The number of fused-ring (bicyclic) bond motifs is 1. The number of aryl methyl sites for hydroxylation is 1. The highest BCUT2D eigenvalue weighted by Gasteiger charge is 2.48. The van der Waals surface area contributed by atoms with Crippen molar-refractivity contribution in [2.75, 3.05) is 24.7 Å². The van der Waals surface area contributed by atoms with Crippen LogP contribution in [0.3, 0.4) is 0 Å². The fourth-order valence-electron chi connectivity index (χ4n) is 4.26. The molecule has 0 bridgehead atoms. The van der Waals surface area contributed by atoms with E-state index in [-0.39, 0.29) is 16.5 Å². The minimum atomic E-state index is -0.922. The first-order chi connectivity index (χ1) is 17.8. The maximum Gasteiger partial charge on any atom is 0.301 e. The number of amides is 1. The van der Waals surface area contributed by atoms with E-state index in [9.17, 15) is 14.7 Å². The van der Waals surface area contributed by atoms with E-state index >= 15 is 0 Å². The van der Waals surface area contributed by atoms with Crippen LogP contribution in [0.15, 0.2) is 48.0 Å². The molecular weight excluding hydrogens is 494 g/mol. The Labute approximate surface area is 218 Å². The number of aliphatic hydroxyl groups excluding tert-OH is 1. The van der Waals surface area contributed by atoms with Gasteiger partial charge in [0.2, 0.25) is 5.13 Å². The van der Waals surface area contributed by atoms with Crippen LogP contribution in [0.1, 0.15) is 42.4 Å². The van der Waals surface area contributed by atoms with Crippen LogP contribution in [0, 0.1) is 12.8 Å². The summed E-state index contributed by atoms with van der Waals surface area (Å²) in [6.07, 6.45) is 0.886. The Bertz CT molecular complexity index is 1380. The molecule has 1 saturated heterocycles. The number of hydrogen-bond acceptors (Lipinski definition) is 9. The lowest BCUT2D eigenvalue weighted by Crippen LogP contribution is -2.29.